The Hall–Kier alpha value is -3.72. The van der Waals surface area contributed by atoms with Crippen LogP contribution in [0.5, 0.6) is 0 Å². The molecular weight excluding hydrogens is 482 g/mol. The molecule has 4 aromatic rings. The van der Waals surface area contributed by atoms with Crippen LogP contribution in [0.1, 0.15) is 22.3 Å². The fourth-order valence-corrected chi connectivity index (χ4v) is 5.17. The van der Waals surface area contributed by atoms with Gasteiger partial charge in [0.1, 0.15) is 18.2 Å². The minimum absolute atomic E-state index is 0.0838. The molecule has 0 saturated carbocycles. The Bertz CT molecular complexity index is 1290. The van der Waals surface area contributed by atoms with Gasteiger partial charge in [0, 0.05) is 6.54 Å². The van der Waals surface area contributed by atoms with Gasteiger partial charge >= 0.3 is 0 Å². The number of hydrogen-bond acceptors (Lipinski definition) is 4. The van der Waals surface area contributed by atoms with Crippen LogP contribution in [-0.2, 0) is 40.6 Å². The van der Waals surface area contributed by atoms with E-state index < -0.39 is 0 Å². The molecule has 0 aromatic heterocycles. The second kappa shape index (κ2) is 13.9. The molecule has 0 radical (unpaired) electrons. The van der Waals surface area contributed by atoms with Crippen molar-refractivity contribution in [2.45, 2.75) is 50.7 Å². The first kappa shape index (κ1) is 26.9. The van der Waals surface area contributed by atoms with Crippen molar-refractivity contribution in [3.63, 3.8) is 0 Å². The lowest BCUT2D eigenvalue weighted by Gasteiger charge is -2.29. The molecule has 0 spiro atoms. The summed E-state index contributed by atoms with van der Waals surface area (Å²) in [4.78, 5) is 2.33. The van der Waals surface area contributed by atoms with Crippen molar-refractivity contribution in [2.24, 2.45) is 0 Å². The lowest BCUT2D eigenvalue weighted by molar-refractivity contribution is -0.0841. The molecule has 0 N–H and O–H groups in total. The van der Waals surface area contributed by atoms with Crippen molar-refractivity contribution >= 4 is 0 Å². The second-order valence-electron chi connectivity index (χ2n) is 9.86. The van der Waals surface area contributed by atoms with Crippen LogP contribution >= 0.6 is 0 Å². The zero-order valence-corrected chi connectivity index (χ0v) is 22.1. The third kappa shape index (κ3) is 7.23. The lowest BCUT2D eigenvalue weighted by atomic mass is 10.1. The summed E-state index contributed by atoms with van der Waals surface area (Å²) in [5.41, 5.74) is 4.55. The molecule has 1 fully saturated rings. The van der Waals surface area contributed by atoms with Gasteiger partial charge in [-0.05, 0) is 22.3 Å². The molecule has 1 aliphatic rings. The number of hydrogen-bond donors (Lipinski definition) is 0. The number of ether oxygens (including phenoxy) is 3. The highest BCUT2D eigenvalue weighted by molar-refractivity contribution is 5.22. The van der Waals surface area contributed by atoms with Crippen molar-refractivity contribution < 1.29 is 14.2 Å². The SMILES string of the molecule is C#C[C@@H]1[C@@H](OCc2ccccc2)[C@H](OCc2ccccc2)[C@@H](COCc2ccccc2)N1Cc1ccccc1. The minimum atomic E-state index is -0.312. The maximum Gasteiger partial charge on any atom is 0.112 e. The zero-order chi connectivity index (χ0) is 26.7. The molecule has 1 aliphatic heterocycles. The van der Waals surface area contributed by atoms with Crippen LogP contribution in [0, 0.1) is 12.3 Å². The monoisotopic (exact) mass is 517 g/mol. The Morgan fingerprint density at radius 2 is 1.00 bits per heavy atom. The number of likely N-dealkylation sites (tertiary alicyclic amines) is 1. The summed E-state index contributed by atoms with van der Waals surface area (Å²) in [7, 11) is 0. The van der Waals surface area contributed by atoms with Gasteiger partial charge in [-0.25, -0.2) is 0 Å². The number of rotatable bonds is 12. The van der Waals surface area contributed by atoms with Gasteiger partial charge < -0.3 is 14.2 Å². The molecule has 0 unspecified atom stereocenters. The largest absolute Gasteiger partial charge is 0.375 e. The first-order valence-corrected chi connectivity index (χ1v) is 13.5. The standard InChI is InChI=1S/C35H35NO3/c1-2-32-34(38-25-30-19-11-5-12-20-30)35(39-26-31-21-13-6-14-22-31)33(27-37-24-29-17-9-4-10-18-29)36(32)23-28-15-7-3-8-16-28/h1,3-22,32-35H,23-27H2/t32-,33-,34-,35-/m1/s1. The molecule has 4 aromatic carbocycles. The van der Waals surface area contributed by atoms with Crippen LogP contribution in [0.25, 0.3) is 0 Å². The zero-order valence-electron chi connectivity index (χ0n) is 22.1. The van der Waals surface area contributed by atoms with E-state index in [1.807, 2.05) is 60.7 Å². The predicted molar refractivity (Wildman–Crippen MR) is 155 cm³/mol. The van der Waals surface area contributed by atoms with Crippen LogP contribution < -0.4 is 0 Å². The quantitative estimate of drug-likeness (QED) is 0.208. The van der Waals surface area contributed by atoms with Crippen molar-refractivity contribution in [2.75, 3.05) is 6.61 Å². The third-order valence-corrected chi connectivity index (χ3v) is 7.15. The maximum absolute atomic E-state index is 6.66. The molecule has 198 valence electrons. The number of nitrogens with zero attached hydrogens (tertiary/aromatic N) is 1. The van der Waals surface area contributed by atoms with Crippen LogP contribution in [0.4, 0.5) is 0 Å². The molecule has 1 heterocycles. The van der Waals surface area contributed by atoms with Gasteiger partial charge in [-0.3, -0.25) is 4.90 Å². The Kier molecular flexibility index (Phi) is 9.57. The Morgan fingerprint density at radius 1 is 0.564 bits per heavy atom. The Balaban J connectivity index is 1.41. The smallest absolute Gasteiger partial charge is 0.112 e. The summed E-state index contributed by atoms with van der Waals surface area (Å²) in [6.07, 6.45) is 5.64. The van der Waals surface area contributed by atoms with Crippen LogP contribution in [-0.4, -0.2) is 35.8 Å². The number of benzene rings is 4. The topological polar surface area (TPSA) is 30.9 Å². The molecule has 4 nitrogen and oxygen atoms in total. The van der Waals surface area contributed by atoms with Crippen LogP contribution in [0.2, 0.25) is 0 Å². The molecule has 5 rings (SSSR count). The fraction of sp³-hybridized carbons (Fsp3) is 0.257. The minimum Gasteiger partial charge on any atom is -0.375 e. The highest BCUT2D eigenvalue weighted by atomic mass is 16.5. The highest BCUT2D eigenvalue weighted by Gasteiger charge is 2.50. The van der Waals surface area contributed by atoms with Crippen LogP contribution in [0.3, 0.4) is 0 Å². The summed E-state index contributed by atoms with van der Waals surface area (Å²) >= 11 is 0. The first-order chi connectivity index (χ1) is 19.3. The molecule has 4 heteroatoms. The van der Waals surface area contributed by atoms with Gasteiger partial charge in [-0.2, -0.15) is 0 Å². The van der Waals surface area contributed by atoms with E-state index in [2.05, 4.69) is 71.5 Å². The molecule has 0 amide bonds. The van der Waals surface area contributed by atoms with E-state index in [9.17, 15) is 0 Å². The van der Waals surface area contributed by atoms with E-state index in [0.717, 1.165) is 16.7 Å². The Morgan fingerprint density at radius 3 is 1.49 bits per heavy atom. The van der Waals surface area contributed by atoms with E-state index >= 15 is 0 Å². The average molecular weight is 518 g/mol. The summed E-state index contributed by atoms with van der Waals surface area (Å²) in [5, 5.41) is 0. The molecule has 0 bridgehead atoms. The summed E-state index contributed by atoms with van der Waals surface area (Å²) in [6.45, 7) is 2.63. The molecule has 39 heavy (non-hydrogen) atoms. The van der Waals surface area contributed by atoms with E-state index in [0.29, 0.717) is 33.0 Å². The maximum atomic E-state index is 6.66. The normalized spacial score (nSPS) is 21.0. The van der Waals surface area contributed by atoms with Crippen molar-refractivity contribution in [3.8, 4) is 12.3 Å². The van der Waals surface area contributed by atoms with Crippen LogP contribution in [0.15, 0.2) is 121 Å². The third-order valence-electron chi connectivity index (χ3n) is 7.15. The van der Waals surface area contributed by atoms with Crippen molar-refractivity contribution in [1.82, 2.24) is 4.90 Å². The van der Waals surface area contributed by atoms with Gasteiger partial charge in [0.25, 0.3) is 0 Å². The van der Waals surface area contributed by atoms with Gasteiger partial charge in [0.15, 0.2) is 0 Å². The second-order valence-corrected chi connectivity index (χ2v) is 9.86. The first-order valence-electron chi connectivity index (χ1n) is 13.5. The molecular formula is C35H35NO3. The highest BCUT2D eigenvalue weighted by Crippen LogP contribution is 2.33. The summed E-state index contributed by atoms with van der Waals surface area (Å²) < 4.78 is 19.6. The molecule has 4 atom stereocenters. The van der Waals surface area contributed by atoms with Crippen molar-refractivity contribution in [3.05, 3.63) is 144 Å². The van der Waals surface area contributed by atoms with Gasteiger partial charge in [-0.15, -0.1) is 6.42 Å². The molecule has 1 saturated heterocycles. The average Bonchev–Trinajstić information content (AvgIpc) is 3.27. The van der Waals surface area contributed by atoms with E-state index in [1.54, 1.807) is 0 Å². The van der Waals surface area contributed by atoms with Crippen molar-refractivity contribution in [1.29, 1.82) is 0 Å². The lowest BCUT2D eigenvalue weighted by Crippen LogP contribution is -2.42. The summed E-state index contributed by atoms with van der Waals surface area (Å²) in [6, 6.07) is 40.7. The van der Waals surface area contributed by atoms with E-state index in [4.69, 9.17) is 20.6 Å². The Labute approximate surface area is 232 Å². The van der Waals surface area contributed by atoms with Gasteiger partial charge in [-0.1, -0.05) is 127 Å². The van der Waals surface area contributed by atoms with E-state index in [1.165, 1.54) is 5.56 Å². The van der Waals surface area contributed by atoms with Gasteiger partial charge in [0.2, 0.25) is 0 Å². The fourth-order valence-electron chi connectivity index (χ4n) is 5.17. The summed E-state index contributed by atoms with van der Waals surface area (Å²) in [5.74, 6) is 3.05. The van der Waals surface area contributed by atoms with Gasteiger partial charge in [0.05, 0.1) is 32.5 Å². The van der Waals surface area contributed by atoms with E-state index in [-0.39, 0.29) is 24.3 Å². The molecule has 0 aliphatic carbocycles. The predicted octanol–water partition coefficient (Wildman–Crippen LogP) is 6.26. The number of terminal acetylenes is 1.